The minimum Gasteiger partial charge on any atom is -0.480 e. The van der Waals surface area contributed by atoms with Crippen LogP contribution in [0.15, 0.2) is 0 Å². The van der Waals surface area contributed by atoms with Crippen LogP contribution in [0.25, 0.3) is 0 Å². The fraction of sp³-hybridized carbons (Fsp3) is 0.786. The Morgan fingerprint density at radius 3 is 2.19 bits per heavy atom. The van der Waals surface area contributed by atoms with Gasteiger partial charge in [0.15, 0.2) is 0 Å². The highest BCUT2D eigenvalue weighted by atomic mass is 16.5. The zero-order valence-corrected chi connectivity index (χ0v) is 13.4. The van der Waals surface area contributed by atoms with Gasteiger partial charge in [-0.05, 0) is 25.7 Å². The molecule has 2 amide bonds. The number of urea groups is 1. The van der Waals surface area contributed by atoms with Crippen molar-refractivity contribution in [2.45, 2.75) is 52.6 Å². The minimum absolute atomic E-state index is 0.186. The molecule has 0 spiro atoms. The van der Waals surface area contributed by atoms with E-state index in [-0.39, 0.29) is 12.0 Å². The molecule has 122 valence electrons. The Labute approximate surface area is 125 Å². The molecule has 0 aromatic heterocycles. The Bertz CT molecular complexity index is 370. The van der Waals surface area contributed by atoms with Crippen molar-refractivity contribution in [2.75, 3.05) is 13.7 Å². The predicted octanol–water partition coefficient (Wildman–Crippen LogP) is 1.47. The van der Waals surface area contributed by atoms with E-state index in [0.717, 1.165) is 0 Å². The Hall–Kier alpha value is -1.79. The van der Waals surface area contributed by atoms with E-state index in [9.17, 15) is 14.4 Å². The number of nitrogens with one attached hydrogen (secondary N) is 1. The van der Waals surface area contributed by atoms with Gasteiger partial charge in [-0.25, -0.2) is 9.59 Å². The molecule has 2 N–H and O–H groups in total. The van der Waals surface area contributed by atoms with Crippen LogP contribution in [0.4, 0.5) is 4.79 Å². The lowest BCUT2D eigenvalue weighted by atomic mass is 10.0. The summed E-state index contributed by atoms with van der Waals surface area (Å²) in [5.41, 5.74) is 0. The van der Waals surface area contributed by atoms with Gasteiger partial charge < -0.3 is 20.1 Å². The smallest absolute Gasteiger partial charge is 0.328 e. The van der Waals surface area contributed by atoms with Crippen LogP contribution in [0.2, 0.25) is 0 Å². The summed E-state index contributed by atoms with van der Waals surface area (Å²) < 4.78 is 4.67. The first-order valence-corrected chi connectivity index (χ1v) is 7.09. The zero-order chi connectivity index (χ0) is 16.6. The topological polar surface area (TPSA) is 95.9 Å². The van der Waals surface area contributed by atoms with Crippen molar-refractivity contribution in [3.05, 3.63) is 0 Å². The molecule has 0 aliphatic carbocycles. The molecule has 0 bridgehead atoms. The maximum atomic E-state index is 12.2. The number of esters is 1. The monoisotopic (exact) mass is 302 g/mol. The average Bonchev–Trinajstić information content (AvgIpc) is 2.41. The number of carbonyl (C=O) groups excluding carboxylic acids is 2. The molecule has 0 radical (unpaired) electrons. The molecule has 0 saturated carbocycles. The lowest BCUT2D eigenvalue weighted by Gasteiger charge is -2.29. The van der Waals surface area contributed by atoms with Crippen LogP contribution >= 0.6 is 0 Å². The Balaban J connectivity index is 4.96. The molecule has 0 rings (SSSR count). The number of amides is 2. The highest BCUT2D eigenvalue weighted by Crippen LogP contribution is 2.09. The SMILES string of the molecule is CCC(C)N(CC(=O)O)C(=O)NC(CC(C)C)C(=O)OC. The van der Waals surface area contributed by atoms with Crippen molar-refractivity contribution in [1.29, 1.82) is 0 Å². The molecular formula is C14H26N2O5. The summed E-state index contributed by atoms with van der Waals surface area (Å²) in [5, 5.41) is 11.5. The van der Waals surface area contributed by atoms with Crippen molar-refractivity contribution < 1.29 is 24.2 Å². The van der Waals surface area contributed by atoms with Crippen LogP contribution in [-0.2, 0) is 14.3 Å². The summed E-state index contributed by atoms with van der Waals surface area (Å²) >= 11 is 0. The maximum absolute atomic E-state index is 12.2. The van der Waals surface area contributed by atoms with Crippen LogP contribution < -0.4 is 5.32 Å². The van der Waals surface area contributed by atoms with Gasteiger partial charge in [0.25, 0.3) is 0 Å². The summed E-state index contributed by atoms with van der Waals surface area (Å²) in [6.07, 6.45) is 1.05. The minimum atomic E-state index is -1.09. The van der Waals surface area contributed by atoms with Crippen LogP contribution in [0, 0.1) is 5.92 Å². The van der Waals surface area contributed by atoms with E-state index >= 15 is 0 Å². The molecule has 0 fully saturated rings. The number of hydrogen-bond acceptors (Lipinski definition) is 4. The normalized spacial score (nSPS) is 13.4. The predicted molar refractivity (Wildman–Crippen MR) is 77.9 cm³/mol. The second-order valence-corrected chi connectivity index (χ2v) is 5.43. The van der Waals surface area contributed by atoms with E-state index < -0.39 is 30.6 Å². The Morgan fingerprint density at radius 1 is 1.24 bits per heavy atom. The molecule has 0 aromatic carbocycles. The molecule has 0 aliphatic heterocycles. The quantitative estimate of drug-likeness (QED) is 0.662. The molecule has 2 unspecified atom stereocenters. The number of ether oxygens (including phenoxy) is 1. The van der Waals surface area contributed by atoms with Gasteiger partial charge in [-0.2, -0.15) is 0 Å². The van der Waals surface area contributed by atoms with Crippen LogP contribution in [0.5, 0.6) is 0 Å². The molecule has 2 atom stereocenters. The van der Waals surface area contributed by atoms with Crippen LogP contribution in [0.3, 0.4) is 0 Å². The first-order chi connectivity index (χ1) is 9.72. The molecule has 0 saturated heterocycles. The third kappa shape index (κ3) is 6.97. The summed E-state index contributed by atoms with van der Waals surface area (Å²) in [6.45, 7) is 7.06. The molecule has 21 heavy (non-hydrogen) atoms. The molecule has 0 aliphatic rings. The van der Waals surface area contributed by atoms with Crippen molar-refractivity contribution in [2.24, 2.45) is 5.92 Å². The van der Waals surface area contributed by atoms with Crippen LogP contribution in [-0.4, -0.2) is 53.7 Å². The van der Waals surface area contributed by atoms with Crippen molar-refractivity contribution in [3.8, 4) is 0 Å². The number of nitrogens with zero attached hydrogens (tertiary/aromatic N) is 1. The summed E-state index contributed by atoms with van der Waals surface area (Å²) in [5.74, 6) is -1.44. The first kappa shape index (κ1) is 19.2. The second-order valence-electron chi connectivity index (χ2n) is 5.43. The van der Waals surface area contributed by atoms with Gasteiger partial charge in [-0.3, -0.25) is 4.79 Å². The molecule has 0 heterocycles. The molecular weight excluding hydrogens is 276 g/mol. The molecule has 7 heteroatoms. The van der Waals surface area contributed by atoms with Crippen molar-refractivity contribution >= 4 is 18.0 Å². The largest absolute Gasteiger partial charge is 0.480 e. The van der Waals surface area contributed by atoms with Crippen LogP contribution in [0.1, 0.15) is 40.5 Å². The van der Waals surface area contributed by atoms with Gasteiger partial charge >= 0.3 is 18.0 Å². The third-order valence-electron chi connectivity index (χ3n) is 3.18. The van der Waals surface area contributed by atoms with E-state index in [1.54, 1.807) is 6.92 Å². The number of hydrogen-bond donors (Lipinski definition) is 2. The van der Waals surface area contributed by atoms with E-state index in [1.807, 2.05) is 20.8 Å². The van der Waals surface area contributed by atoms with Gasteiger partial charge in [0.1, 0.15) is 12.6 Å². The molecule has 0 aromatic rings. The van der Waals surface area contributed by atoms with Crippen molar-refractivity contribution in [1.82, 2.24) is 10.2 Å². The second kappa shape index (κ2) is 9.20. The van der Waals surface area contributed by atoms with E-state index in [4.69, 9.17) is 5.11 Å². The van der Waals surface area contributed by atoms with Gasteiger partial charge in [-0.1, -0.05) is 20.8 Å². The number of carboxylic acid groups (broad SMARTS) is 1. The number of carbonyl (C=O) groups is 3. The number of rotatable bonds is 8. The summed E-state index contributed by atoms with van der Waals surface area (Å²) in [4.78, 5) is 36.0. The van der Waals surface area contributed by atoms with Gasteiger partial charge in [0, 0.05) is 6.04 Å². The van der Waals surface area contributed by atoms with E-state index in [2.05, 4.69) is 10.1 Å². The standard InChI is InChI=1S/C14H26N2O5/c1-6-10(4)16(8-12(17)18)14(20)15-11(7-9(2)3)13(19)21-5/h9-11H,6-8H2,1-5H3,(H,15,20)(H,17,18). The highest BCUT2D eigenvalue weighted by Gasteiger charge is 2.27. The molecule has 7 nitrogen and oxygen atoms in total. The first-order valence-electron chi connectivity index (χ1n) is 7.09. The number of aliphatic carboxylic acids is 1. The van der Waals surface area contributed by atoms with E-state index in [0.29, 0.717) is 12.8 Å². The van der Waals surface area contributed by atoms with Gasteiger partial charge in [-0.15, -0.1) is 0 Å². The highest BCUT2D eigenvalue weighted by molar-refractivity contribution is 5.85. The van der Waals surface area contributed by atoms with Crippen molar-refractivity contribution in [3.63, 3.8) is 0 Å². The van der Waals surface area contributed by atoms with Gasteiger partial charge in [0.05, 0.1) is 7.11 Å². The summed E-state index contributed by atoms with van der Waals surface area (Å²) in [7, 11) is 1.26. The van der Waals surface area contributed by atoms with Gasteiger partial charge in [0.2, 0.25) is 0 Å². The lowest BCUT2D eigenvalue weighted by molar-refractivity contribution is -0.143. The Kier molecular flexibility index (Phi) is 8.42. The number of methoxy groups -OCH3 is 1. The average molecular weight is 302 g/mol. The fourth-order valence-electron chi connectivity index (χ4n) is 1.85. The zero-order valence-electron chi connectivity index (χ0n) is 13.4. The lowest BCUT2D eigenvalue weighted by Crippen LogP contribution is -2.52. The maximum Gasteiger partial charge on any atom is 0.328 e. The van der Waals surface area contributed by atoms with E-state index in [1.165, 1.54) is 12.0 Å². The number of carboxylic acids is 1. The third-order valence-corrected chi connectivity index (χ3v) is 3.18. The fourth-order valence-corrected chi connectivity index (χ4v) is 1.85. The summed E-state index contributed by atoms with van der Waals surface area (Å²) in [6, 6.07) is -1.58. The Morgan fingerprint density at radius 2 is 1.81 bits per heavy atom.